The van der Waals surface area contributed by atoms with Crippen LogP contribution in [-0.4, -0.2) is 15.0 Å². The van der Waals surface area contributed by atoms with Crippen LogP contribution in [0.2, 0.25) is 5.02 Å². The average molecular weight is 314 g/mol. The number of aromatic nitrogens is 3. The number of alkyl halides is 3. The van der Waals surface area contributed by atoms with E-state index in [0.29, 0.717) is 11.0 Å². The highest BCUT2D eigenvalue weighted by atomic mass is 35.5. The quantitative estimate of drug-likeness (QED) is 0.761. The number of nitrogens with one attached hydrogen (secondary N) is 1. The monoisotopic (exact) mass is 313 g/mol. The van der Waals surface area contributed by atoms with Crippen LogP contribution in [0.1, 0.15) is 5.56 Å². The Morgan fingerprint density at radius 2 is 1.95 bits per heavy atom. The first-order valence-electron chi connectivity index (χ1n) is 5.78. The molecular formula is C13H7ClF3N3O. The number of halogens is 4. The van der Waals surface area contributed by atoms with Gasteiger partial charge in [-0.15, -0.1) is 0 Å². The van der Waals surface area contributed by atoms with Gasteiger partial charge in [-0.3, -0.25) is 0 Å². The molecule has 0 bridgehead atoms. The molecule has 3 rings (SSSR count). The van der Waals surface area contributed by atoms with E-state index in [1.54, 1.807) is 12.3 Å². The number of aromatic amines is 1. The molecule has 1 N–H and O–H groups in total. The molecule has 0 fully saturated rings. The minimum absolute atomic E-state index is 0.00655. The third-order valence-electron chi connectivity index (χ3n) is 2.78. The minimum atomic E-state index is -4.55. The van der Waals surface area contributed by atoms with Crippen molar-refractivity contribution in [2.45, 2.75) is 6.18 Å². The maximum Gasteiger partial charge on any atom is 0.417 e. The van der Waals surface area contributed by atoms with Crippen LogP contribution in [0, 0.1) is 0 Å². The number of H-pyrrole nitrogens is 1. The second-order valence-electron chi connectivity index (χ2n) is 4.16. The smallest absolute Gasteiger partial charge is 0.417 e. The number of ether oxygens (including phenoxy) is 1. The van der Waals surface area contributed by atoms with Crippen LogP contribution in [0.5, 0.6) is 11.6 Å². The molecule has 0 aliphatic heterocycles. The summed E-state index contributed by atoms with van der Waals surface area (Å²) in [5.74, 6) is 0.157. The molecule has 2 aromatic heterocycles. The van der Waals surface area contributed by atoms with Crippen LogP contribution in [0.4, 0.5) is 13.2 Å². The molecule has 108 valence electrons. The Morgan fingerprint density at radius 1 is 1.14 bits per heavy atom. The van der Waals surface area contributed by atoms with Crippen LogP contribution >= 0.6 is 11.6 Å². The van der Waals surface area contributed by atoms with Gasteiger partial charge in [0.2, 0.25) is 5.88 Å². The number of hydrogen-bond acceptors (Lipinski definition) is 3. The van der Waals surface area contributed by atoms with E-state index in [2.05, 4.69) is 15.0 Å². The highest BCUT2D eigenvalue weighted by Crippen LogP contribution is 2.38. The molecule has 0 amide bonds. The van der Waals surface area contributed by atoms with E-state index in [-0.39, 0.29) is 16.7 Å². The summed E-state index contributed by atoms with van der Waals surface area (Å²) in [7, 11) is 0. The second-order valence-corrected chi connectivity index (χ2v) is 4.57. The highest BCUT2D eigenvalue weighted by molar-refractivity contribution is 6.31. The van der Waals surface area contributed by atoms with E-state index >= 15 is 0 Å². The predicted octanol–water partition coefficient (Wildman–Crippen LogP) is 4.42. The summed E-state index contributed by atoms with van der Waals surface area (Å²) in [6, 6.07) is 4.99. The SMILES string of the molecule is FC(F)(F)c1cc(Oc2ncnc3[nH]ccc23)ccc1Cl. The molecule has 21 heavy (non-hydrogen) atoms. The summed E-state index contributed by atoms with van der Waals surface area (Å²) >= 11 is 5.56. The summed E-state index contributed by atoms with van der Waals surface area (Å²) in [5, 5.41) is 0.185. The topological polar surface area (TPSA) is 50.8 Å². The van der Waals surface area contributed by atoms with Crippen molar-refractivity contribution >= 4 is 22.6 Å². The van der Waals surface area contributed by atoms with Gasteiger partial charge in [0.1, 0.15) is 17.7 Å². The van der Waals surface area contributed by atoms with Gasteiger partial charge in [0.05, 0.1) is 16.0 Å². The van der Waals surface area contributed by atoms with Crippen molar-refractivity contribution in [3.63, 3.8) is 0 Å². The van der Waals surface area contributed by atoms with Gasteiger partial charge in [0.15, 0.2) is 0 Å². The molecule has 0 aliphatic carbocycles. The lowest BCUT2D eigenvalue weighted by molar-refractivity contribution is -0.137. The third kappa shape index (κ3) is 2.64. The van der Waals surface area contributed by atoms with Gasteiger partial charge in [-0.2, -0.15) is 13.2 Å². The first-order chi connectivity index (χ1) is 9.95. The van der Waals surface area contributed by atoms with E-state index in [4.69, 9.17) is 16.3 Å². The van der Waals surface area contributed by atoms with E-state index in [1.807, 2.05) is 0 Å². The number of benzene rings is 1. The minimum Gasteiger partial charge on any atom is -0.438 e. The van der Waals surface area contributed by atoms with E-state index < -0.39 is 11.7 Å². The fourth-order valence-electron chi connectivity index (χ4n) is 1.83. The lowest BCUT2D eigenvalue weighted by Crippen LogP contribution is -2.06. The Labute approximate surface area is 121 Å². The van der Waals surface area contributed by atoms with Gasteiger partial charge in [0.25, 0.3) is 0 Å². The molecule has 0 spiro atoms. The van der Waals surface area contributed by atoms with Crippen molar-refractivity contribution in [3.8, 4) is 11.6 Å². The standard InChI is InChI=1S/C13H7ClF3N3O/c14-10-2-1-7(5-9(10)13(15,16)17)21-12-8-3-4-18-11(8)19-6-20-12/h1-6H,(H,18,19,20). The Kier molecular flexibility index (Phi) is 3.21. The van der Waals surface area contributed by atoms with Crippen LogP contribution < -0.4 is 4.74 Å². The van der Waals surface area contributed by atoms with Crippen LogP contribution in [0.15, 0.2) is 36.8 Å². The maximum absolute atomic E-state index is 12.8. The largest absolute Gasteiger partial charge is 0.438 e. The van der Waals surface area contributed by atoms with Gasteiger partial charge < -0.3 is 9.72 Å². The van der Waals surface area contributed by atoms with Crippen molar-refractivity contribution in [2.24, 2.45) is 0 Å². The lowest BCUT2D eigenvalue weighted by Gasteiger charge is -2.11. The predicted molar refractivity (Wildman–Crippen MR) is 70.4 cm³/mol. The number of fused-ring (bicyclic) bond motifs is 1. The van der Waals surface area contributed by atoms with Crippen LogP contribution in [0.3, 0.4) is 0 Å². The second kappa shape index (κ2) is 4.92. The van der Waals surface area contributed by atoms with Crippen molar-refractivity contribution in [3.05, 3.63) is 47.4 Å². The highest BCUT2D eigenvalue weighted by Gasteiger charge is 2.33. The summed E-state index contributed by atoms with van der Waals surface area (Å²) in [6.07, 6.45) is -1.66. The Morgan fingerprint density at radius 3 is 2.71 bits per heavy atom. The molecule has 0 atom stereocenters. The van der Waals surface area contributed by atoms with Gasteiger partial charge >= 0.3 is 6.18 Å². The molecule has 0 radical (unpaired) electrons. The summed E-state index contributed by atoms with van der Waals surface area (Å²) < 4.78 is 43.8. The van der Waals surface area contributed by atoms with Crippen LogP contribution in [-0.2, 0) is 6.18 Å². The molecule has 1 aromatic carbocycles. The van der Waals surface area contributed by atoms with Crippen molar-refractivity contribution in [1.29, 1.82) is 0 Å². The van der Waals surface area contributed by atoms with E-state index in [1.165, 1.54) is 12.4 Å². The van der Waals surface area contributed by atoms with E-state index in [0.717, 1.165) is 12.1 Å². The molecule has 0 aliphatic rings. The Bertz CT molecular complexity index is 801. The van der Waals surface area contributed by atoms with Crippen LogP contribution in [0.25, 0.3) is 11.0 Å². The molecule has 3 aromatic rings. The fraction of sp³-hybridized carbons (Fsp3) is 0.0769. The number of hydrogen-bond donors (Lipinski definition) is 1. The molecule has 2 heterocycles. The average Bonchev–Trinajstić information content (AvgIpc) is 2.89. The fourth-order valence-corrected chi connectivity index (χ4v) is 2.05. The van der Waals surface area contributed by atoms with Gasteiger partial charge in [-0.1, -0.05) is 11.6 Å². The van der Waals surface area contributed by atoms with Crippen molar-refractivity contribution in [1.82, 2.24) is 15.0 Å². The first kappa shape index (κ1) is 13.7. The zero-order valence-electron chi connectivity index (χ0n) is 10.3. The van der Waals surface area contributed by atoms with Gasteiger partial charge in [-0.05, 0) is 24.3 Å². The normalized spacial score (nSPS) is 11.8. The zero-order chi connectivity index (χ0) is 15.0. The molecule has 0 saturated carbocycles. The molecule has 0 unspecified atom stereocenters. The molecular weight excluding hydrogens is 307 g/mol. The zero-order valence-corrected chi connectivity index (χ0v) is 11.0. The Hall–Kier alpha value is -2.28. The molecule has 0 saturated heterocycles. The third-order valence-corrected chi connectivity index (χ3v) is 3.10. The number of rotatable bonds is 2. The van der Waals surface area contributed by atoms with Gasteiger partial charge in [0, 0.05) is 6.20 Å². The molecule has 8 heteroatoms. The lowest BCUT2D eigenvalue weighted by atomic mass is 10.2. The van der Waals surface area contributed by atoms with Crippen molar-refractivity contribution in [2.75, 3.05) is 0 Å². The summed E-state index contributed by atoms with van der Waals surface area (Å²) in [6.45, 7) is 0. The maximum atomic E-state index is 12.8. The Balaban J connectivity index is 2.01. The number of nitrogens with zero attached hydrogens (tertiary/aromatic N) is 2. The summed E-state index contributed by atoms with van der Waals surface area (Å²) in [5.41, 5.74) is -0.425. The van der Waals surface area contributed by atoms with Gasteiger partial charge in [-0.25, -0.2) is 9.97 Å². The first-order valence-corrected chi connectivity index (χ1v) is 6.15. The van der Waals surface area contributed by atoms with E-state index in [9.17, 15) is 13.2 Å². The van der Waals surface area contributed by atoms with Crippen molar-refractivity contribution < 1.29 is 17.9 Å². The molecule has 4 nitrogen and oxygen atoms in total. The summed E-state index contributed by atoms with van der Waals surface area (Å²) in [4.78, 5) is 10.7.